The minimum absolute atomic E-state index is 0.197. The summed E-state index contributed by atoms with van der Waals surface area (Å²) in [4.78, 5) is 11.1. The van der Waals surface area contributed by atoms with Gasteiger partial charge >= 0.3 is 5.97 Å². The molecule has 2 nitrogen and oxygen atoms in total. The Kier molecular flexibility index (Phi) is 6.26. The maximum Gasteiger partial charge on any atom is 0.320 e. The van der Waals surface area contributed by atoms with E-state index in [1.54, 1.807) is 30.0 Å². The van der Waals surface area contributed by atoms with Gasteiger partial charge in [0, 0.05) is 10.2 Å². The van der Waals surface area contributed by atoms with Crippen LogP contribution in [0.4, 0.5) is 0 Å². The maximum atomic E-state index is 11.3. The van der Waals surface area contributed by atoms with Crippen molar-refractivity contribution in [3.8, 4) is 0 Å². The van der Waals surface area contributed by atoms with Crippen molar-refractivity contribution in [3.05, 3.63) is 15.9 Å². The lowest BCUT2D eigenvalue weighted by Crippen LogP contribution is -2.19. The summed E-state index contributed by atoms with van der Waals surface area (Å²) in [5, 5.41) is 2.01. The molecule has 0 saturated heterocycles. The number of hydrogen-bond donors (Lipinski definition) is 0. The van der Waals surface area contributed by atoms with Crippen molar-refractivity contribution in [2.75, 3.05) is 12.4 Å². The summed E-state index contributed by atoms with van der Waals surface area (Å²) in [6.07, 6.45) is 0. The second-order valence-corrected chi connectivity index (χ2v) is 6.75. The Bertz CT molecular complexity index is 328. The molecule has 1 heterocycles. The van der Waals surface area contributed by atoms with Crippen LogP contribution in [0, 0.1) is 0 Å². The Labute approximate surface area is 114 Å². The van der Waals surface area contributed by atoms with Crippen LogP contribution in [-0.4, -0.2) is 23.2 Å². The van der Waals surface area contributed by atoms with Crippen molar-refractivity contribution in [2.24, 2.45) is 0 Å². The highest BCUT2D eigenvalue weighted by Crippen LogP contribution is 2.33. The first-order valence-corrected chi connectivity index (χ1v) is 7.89. The van der Waals surface area contributed by atoms with E-state index in [2.05, 4.69) is 31.9 Å². The summed E-state index contributed by atoms with van der Waals surface area (Å²) in [6.45, 7) is 2.23. The molecule has 0 aliphatic carbocycles. The molecule has 1 aromatic rings. The van der Waals surface area contributed by atoms with Crippen LogP contribution < -0.4 is 0 Å². The molecule has 0 radical (unpaired) electrons. The third-order valence-electron chi connectivity index (χ3n) is 1.49. The van der Waals surface area contributed by atoms with E-state index in [4.69, 9.17) is 4.74 Å². The van der Waals surface area contributed by atoms with Gasteiger partial charge in [0.2, 0.25) is 0 Å². The van der Waals surface area contributed by atoms with E-state index in [-0.39, 0.29) is 10.8 Å². The van der Waals surface area contributed by atoms with Crippen molar-refractivity contribution in [3.63, 3.8) is 0 Å². The smallest absolute Gasteiger partial charge is 0.320 e. The van der Waals surface area contributed by atoms with Crippen molar-refractivity contribution < 1.29 is 9.53 Å². The lowest BCUT2D eigenvalue weighted by atomic mass is 10.5. The number of thioether (sulfide) groups is 1. The number of rotatable bonds is 5. The monoisotopic (exact) mass is 372 g/mol. The summed E-state index contributed by atoms with van der Waals surface area (Å²) >= 11 is 10.1. The number of halogens is 2. The first kappa shape index (κ1) is 13.5. The lowest BCUT2D eigenvalue weighted by molar-refractivity contribution is -0.141. The predicted octanol–water partition coefficient (Wildman–Crippen LogP) is 3.93. The fourth-order valence-electron chi connectivity index (χ4n) is 0.832. The molecule has 0 aromatic carbocycles. The van der Waals surface area contributed by atoms with E-state index in [1.165, 1.54) is 4.21 Å². The van der Waals surface area contributed by atoms with Gasteiger partial charge in [-0.3, -0.25) is 4.79 Å². The molecule has 0 spiro atoms. The molecule has 15 heavy (non-hydrogen) atoms. The predicted molar refractivity (Wildman–Crippen MR) is 72.1 cm³/mol. The summed E-state index contributed by atoms with van der Waals surface area (Å²) in [5.74, 6) is 0.482. The Morgan fingerprint density at radius 2 is 2.47 bits per heavy atom. The lowest BCUT2D eigenvalue weighted by Gasteiger charge is -2.07. The highest BCUT2D eigenvalue weighted by atomic mass is 79.9. The van der Waals surface area contributed by atoms with Gasteiger partial charge in [-0.15, -0.1) is 23.1 Å². The second-order valence-electron chi connectivity index (χ2n) is 2.59. The van der Waals surface area contributed by atoms with E-state index in [9.17, 15) is 4.79 Å². The number of carbonyl (C=O) groups excluding carboxylic acids is 1. The fourth-order valence-corrected chi connectivity index (χ4v) is 4.08. The first-order valence-electron chi connectivity index (χ1n) is 4.31. The summed E-state index contributed by atoms with van der Waals surface area (Å²) in [7, 11) is 0. The van der Waals surface area contributed by atoms with E-state index in [0.29, 0.717) is 12.4 Å². The van der Waals surface area contributed by atoms with Crippen LogP contribution in [0.2, 0.25) is 0 Å². The third kappa shape index (κ3) is 4.46. The molecule has 1 atom stereocenters. The van der Waals surface area contributed by atoms with Crippen LogP contribution in [-0.2, 0) is 9.53 Å². The molecule has 1 aromatic heterocycles. The topological polar surface area (TPSA) is 26.3 Å². The van der Waals surface area contributed by atoms with E-state index in [0.717, 1.165) is 4.47 Å². The zero-order valence-corrected chi connectivity index (χ0v) is 12.8. The molecule has 1 unspecified atom stereocenters. The van der Waals surface area contributed by atoms with Crippen molar-refractivity contribution in [2.45, 2.75) is 16.0 Å². The number of esters is 1. The maximum absolute atomic E-state index is 11.3. The molecule has 0 aliphatic heterocycles. The largest absolute Gasteiger partial charge is 0.465 e. The second kappa shape index (κ2) is 6.93. The minimum Gasteiger partial charge on any atom is -0.465 e. The first-order chi connectivity index (χ1) is 7.15. The molecule has 0 N–H and O–H groups in total. The Morgan fingerprint density at radius 3 is 3.00 bits per heavy atom. The van der Waals surface area contributed by atoms with Crippen LogP contribution in [0.25, 0.3) is 0 Å². The van der Waals surface area contributed by atoms with Crippen molar-refractivity contribution in [1.29, 1.82) is 0 Å². The summed E-state index contributed by atoms with van der Waals surface area (Å²) < 4.78 is 7.16. The van der Waals surface area contributed by atoms with Gasteiger partial charge in [0.05, 0.1) is 10.8 Å². The Morgan fingerprint density at radius 1 is 1.73 bits per heavy atom. The summed E-state index contributed by atoms with van der Waals surface area (Å²) in [6, 6.07) is 2.00. The quantitative estimate of drug-likeness (QED) is 0.444. The van der Waals surface area contributed by atoms with E-state index >= 15 is 0 Å². The average Bonchev–Trinajstić information content (AvgIpc) is 2.61. The highest BCUT2D eigenvalue weighted by Gasteiger charge is 2.16. The molecule has 1 rings (SSSR count). The van der Waals surface area contributed by atoms with Gasteiger partial charge in [-0.1, -0.05) is 15.9 Å². The van der Waals surface area contributed by atoms with Gasteiger partial charge in [-0.2, -0.15) is 0 Å². The number of thiophene rings is 1. The van der Waals surface area contributed by atoms with Gasteiger partial charge in [-0.05, 0) is 34.3 Å². The highest BCUT2D eigenvalue weighted by molar-refractivity contribution is 9.10. The summed E-state index contributed by atoms with van der Waals surface area (Å²) in [5.41, 5.74) is 0. The molecule has 0 fully saturated rings. The van der Waals surface area contributed by atoms with Crippen LogP contribution in [0.15, 0.2) is 20.1 Å². The Balaban J connectivity index is 2.37. The molecule has 0 amide bonds. The van der Waals surface area contributed by atoms with Gasteiger partial charge in [-0.25, -0.2) is 0 Å². The van der Waals surface area contributed by atoms with Gasteiger partial charge in [0.1, 0.15) is 4.83 Å². The fraction of sp³-hybridized carbons (Fsp3) is 0.444. The molecule has 6 heteroatoms. The van der Waals surface area contributed by atoms with Crippen LogP contribution >= 0.6 is 55.0 Å². The standard InChI is InChI=1S/C9H10Br2O2S2/c1-2-13-8(12)7(11)5-15-9-6(10)3-4-14-9/h3-4,7H,2,5H2,1H3. The molecular formula is C9H10Br2O2S2. The number of alkyl halides is 1. The number of carbonyl (C=O) groups is 1. The molecular weight excluding hydrogens is 364 g/mol. The van der Waals surface area contributed by atoms with Crippen LogP contribution in [0.3, 0.4) is 0 Å². The SMILES string of the molecule is CCOC(=O)C(Br)CSc1sccc1Br. The molecule has 0 bridgehead atoms. The number of hydrogen-bond acceptors (Lipinski definition) is 4. The number of ether oxygens (including phenoxy) is 1. The molecule has 0 saturated carbocycles. The zero-order chi connectivity index (χ0) is 11.3. The van der Waals surface area contributed by atoms with Gasteiger partial charge in [0.15, 0.2) is 0 Å². The Hall–Kier alpha value is 0.480. The van der Waals surface area contributed by atoms with E-state index < -0.39 is 0 Å². The minimum atomic E-state index is -0.239. The molecule has 84 valence electrons. The zero-order valence-electron chi connectivity index (χ0n) is 8.04. The van der Waals surface area contributed by atoms with E-state index in [1.807, 2.05) is 11.4 Å². The van der Waals surface area contributed by atoms with Gasteiger partial charge < -0.3 is 4.74 Å². The average molecular weight is 374 g/mol. The molecule has 0 aliphatic rings. The van der Waals surface area contributed by atoms with Crippen LogP contribution in [0.5, 0.6) is 0 Å². The van der Waals surface area contributed by atoms with Gasteiger partial charge in [0.25, 0.3) is 0 Å². The van der Waals surface area contributed by atoms with Crippen LogP contribution in [0.1, 0.15) is 6.92 Å². The third-order valence-corrected chi connectivity index (χ3v) is 6.13. The van der Waals surface area contributed by atoms with Crippen molar-refractivity contribution in [1.82, 2.24) is 0 Å². The normalized spacial score (nSPS) is 12.5. The van der Waals surface area contributed by atoms with Crippen molar-refractivity contribution >= 4 is 60.9 Å².